The maximum Gasteiger partial charge on any atom is 0.300 e. The molecule has 4 nitrogen and oxygen atoms in total. The van der Waals surface area contributed by atoms with Crippen molar-refractivity contribution in [3.8, 4) is 0 Å². The van der Waals surface area contributed by atoms with Crippen LogP contribution < -0.4 is 5.32 Å². The maximum atomic E-state index is 12.4. The van der Waals surface area contributed by atoms with Gasteiger partial charge in [0.1, 0.15) is 0 Å². The summed E-state index contributed by atoms with van der Waals surface area (Å²) in [6.45, 7) is 8.37. The molecule has 0 bridgehead atoms. The molecule has 1 saturated carbocycles. The molecule has 1 heterocycles. The number of carbonyl (C=O) groups is 1. The Labute approximate surface area is 141 Å². The van der Waals surface area contributed by atoms with Crippen LogP contribution in [0.3, 0.4) is 0 Å². The zero-order valence-corrected chi connectivity index (χ0v) is 14.6. The number of hydrogen-bond acceptors (Lipinski definition) is 2. The highest BCUT2D eigenvalue weighted by molar-refractivity contribution is 5.79. The van der Waals surface area contributed by atoms with Gasteiger partial charge in [0.05, 0.1) is 6.54 Å². The van der Waals surface area contributed by atoms with Gasteiger partial charge < -0.3 is 5.32 Å². The lowest BCUT2D eigenvalue weighted by molar-refractivity contribution is -0.130. The van der Waals surface area contributed by atoms with Crippen molar-refractivity contribution in [3.63, 3.8) is 0 Å². The monoisotopic (exact) mass is 319 g/mol. The zero-order chi connectivity index (χ0) is 16.3. The van der Waals surface area contributed by atoms with Crippen LogP contribution in [0.15, 0.2) is 0 Å². The molecule has 1 atom stereocenters. The lowest BCUT2D eigenvalue weighted by Gasteiger charge is -2.22. The summed E-state index contributed by atoms with van der Waals surface area (Å²) in [5.74, 6) is 0.120. The fourth-order valence-corrected chi connectivity index (χ4v) is 3.87. The lowest BCUT2D eigenvalue weighted by atomic mass is 9.98. The molecule has 4 heteroatoms. The van der Waals surface area contributed by atoms with E-state index in [1.54, 1.807) is 4.90 Å². The highest BCUT2D eigenvalue weighted by Crippen LogP contribution is 2.19. The predicted molar refractivity (Wildman–Crippen MR) is 93.9 cm³/mol. The van der Waals surface area contributed by atoms with E-state index >= 15 is 0 Å². The van der Waals surface area contributed by atoms with Crippen LogP contribution in [0.1, 0.15) is 83.5 Å². The summed E-state index contributed by atoms with van der Waals surface area (Å²) in [7, 11) is 0. The van der Waals surface area contributed by atoms with Crippen LogP contribution in [0.4, 0.5) is 0 Å². The van der Waals surface area contributed by atoms with Crippen LogP contribution in [-0.2, 0) is 4.79 Å². The van der Waals surface area contributed by atoms with Gasteiger partial charge in [-0.3, -0.25) is 14.5 Å². The average Bonchev–Trinajstić information content (AvgIpc) is 3.03. The lowest BCUT2D eigenvalue weighted by Crippen LogP contribution is -2.43. The molecule has 23 heavy (non-hydrogen) atoms. The van der Waals surface area contributed by atoms with E-state index in [0.29, 0.717) is 12.6 Å². The topological polar surface area (TPSA) is 36.7 Å². The minimum Gasteiger partial charge on any atom is -0.306 e. The summed E-state index contributed by atoms with van der Waals surface area (Å²) >= 11 is 0. The number of rotatable bonds is 3. The number of nitrogens with zero attached hydrogens (tertiary/aromatic N) is 2. The minimum atomic E-state index is -0.208. The number of amides is 1. The molecule has 2 fully saturated rings. The van der Waals surface area contributed by atoms with Crippen molar-refractivity contribution in [1.29, 1.82) is 0 Å². The molecule has 0 aromatic carbocycles. The Morgan fingerprint density at radius 3 is 2.04 bits per heavy atom. The van der Waals surface area contributed by atoms with Gasteiger partial charge in [-0.05, 0) is 19.3 Å². The molecule has 1 aliphatic heterocycles. The molecule has 2 aliphatic rings. The quantitative estimate of drug-likeness (QED) is 0.795. The molecule has 1 amide bonds. The summed E-state index contributed by atoms with van der Waals surface area (Å²) < 4.78 is 0. The van der Waals surface area contributed by atoms with Crippen molar-refractivity contribution in [1.82, 2.24) is 10.2 Å². The van der Waals surface area contributed by atoms with Crippen molar-refractivity contribution >= 4 is 5.91 Å². The largest absolute Gasteiger partial charge is 0.306 e. The third-order valence-electron chi connectivity index (χ3n) is 5.34. The van der Waals surface area contributed by atoms with E-state index < -0.39 is 0 Å². The number of likely N-dealkylation sites (tertiary alicyclic amines) is 1. The number of carbonyl (C=O) groups excluding carboxylic acids is 1. The van der Waals surface area contributed by atoms with E-state index in [0.717, 1.165) is 19.4 Å². The molecule has 1 saturated heterocycles. The van der Waals surface area contributed by atoms with Crippen LogP contribution in [0.5, 0.6) is 0 Å². The van der Waals surface area contributed by atoms with Crippen molar-refractivity contribution in [2.45, 2.75) is 95.7 Å². The summed E-state index contributed by atoms with van der Waals surface area (Å²) in [5.41, 5.74) is 0. The Kier molecular flexibility index (Phi) is 8.46. The van der Waals surface area contributed by atoms with E-state index in [1.165, 1.54) is 70.6 Å². The van der Waals surface area contributed by atoms with Crippen molar-refractivity contribution in [2.24, 2.45) is 0 Å². The van der Waals surface area contributed by atoms with Gasteiger partial charge in [0.25, 0.3) is 0 Å². The highest BCUT2D eigenvalue weighted by Gasteiger charge is 2.32. The Morgan fingerprint density at radius 1 is 0.913 bits per heavy atom. The van der Waals surface area contributed by atoms with Crippen LogP contribution in [0.2, 0.25) is 0 Å². The molecule has 0 spiro atoms. The molecule has 1 aliphatic carbocycles. The molecule has 1 N–H and O–H groups in total. The zero-order valence-electron chi connectivity index (χ0n) is 14.6. The highest BCUT2D eigenvalue weighted by atomic mass is 16.2. The van der Waals surface area contributed by atoms with Crippen molar-refractivity contribution in [3.05, 3.63) is 11.4 Å². The summed E-state index contributed by atoms with van der Waals surface area (Å²) in [4.78, 5) is 17.7. The Bertz CT molecular complexity index is 379. The number of nitrogens with one attached hydrogen (secondary N) is 1. The van der Waals surface area contributed by atoms with Gasteiger partial charge in [-0.1, -0.05) is 57.8 Å². The van der Waals surface area contributed by atoms with E-state index in [1.807, 2.05) is 0 Å². The molecular weight excluding hydrogens is 286 g/mol. The Balaban J connectivity index is 1.74. The van der Waals surface area contributed by atoms with Gasteiger partial charge in [-0.15, -0.1) is 0 Å². The first kappa shape index (κ1) is 18.3. The van der Waals surface area contributed by atoms with Crippen LogP contribution in [0, 0.1) is 6.57 Å². The van der Waals surface area contributed by atoms with Gasteiger partial charge in [-0.2, -0.15) is 0 Å². The molecular formula is C19H33N3O. The average molecular weight is 319 g/mol. The van der Waals surface area contributed by atoms with Gasteiger partial charge in [0, 0.05) is 19.0 Å². The fraction of sp³-hybridized carbons (Fsp3) is 0.895. The molecule has 2 rings (SSSR count). The standard InChI is InChI=1S/C19H33N3O/c1-20-18-14-11-15-22(18)19(23)16-21-17-12-9-7-5-3-2-4-6-8-10-13-17/h17-18,21H,2-16H2/t18-/m0/s1. The Morgan fingerprint density at radius 2 is 1.48 bits per heavy atom. The van der Waals surface area contributed by atoms with Crippen LogP contribution >= 0.6 is 0 Å². The SMILES string of the molecule is [C-]#[N+][C@@H]1CCCN1C(=O)CNC1CCCCCCCCCCC1. The van der Waals surface area contributed by atoms with Crippen molar-refractivity contribution in [2.75, 3.05) is 13.1 Å². The Hall–Kier alpha value is -1.08. The third kappa shape index (κ3) is 6.51. The summed E-state index contributed by atoms with van der Waals surface area (Å²) in [5, 5.41) is 3.50. The smallest absolute Gasteiger partial charge is 0.300 e. The molecule has 0 aromatic rings. The number of hydrogen-bond donors (Lipinski definition) is 1. The maximum absolute atomic E-state index is 12.4. The van der Waals surface area contributed by atoms with Crippen LogP contribution in [-0.4, -0.2) is 36.1 Å². The van der Waals surface area contributed by atoms with E-state index in [9.17, 15) is 4.79 Å². The molecule has 0 unspecified atom stereocenters. The van der Waals surface area contributed by atoms with Gasteiger partial charge in [0.15, 0.2) is 0 Å². The second-order valence-electron chi connectivity index (χ2n) is 7.18. The first-order valence-electron chi connectivity index (χ1n) is 9.70. The second-order valence-corrected chi connectivity index (χ2v) is 7.18. The summed E-state index contributed by atoms with van der Waals surface area (Å²) in [6, 6.07) is 0.479. The predicted octanol–water partition coefficient (Wildman–Crippen LogP) is 4.12. The second kappa shape index (κ2) is 10.6. The minimum absolute atomic E-state index is 0.120. The molecule has 130 valence electrons. The first-order valence-corrected chi connectivity index (χ1v) is 9.70. The molecule has 0 aromatic heterocycles. The van der Waals surface area contributed by atoms with Gasteiger partial charge in [-0.25, -0.2) is 6.57 Å². The van der Waals surface area contributed by atoms with Gasteiger partial charge >= 0.3 is 6.17 Å². The molecule has 0 radical (unpaired) electrons. The summed E-state index contributed by atoms with van der Waals surface area (Å²) in [6.07, 6.45) is 16.1. The van der Waals surface area contributed by atoms with Gasteiger partial charge in [0.2, 0.25) is 5.91 Å². The first-order chi connectivity index (χ1) is 11.3. The van der Waals surface area contributed by atoms with E-state index in [2.05, 4.69) is 10.2 Å². The van der Waals surface area contributed by atoms with Crippen LogP contribution in [0.25, 0.3) is 4.85 Å². The fourth-order valence-electron chi connectivity index (χ4n) is 3.87. The third-order valence-corrected chi connectivity index (χ3v) is 5.34. The normalized spacial score (nSPS) is 25.3. The van der Waals surface area contributed by atoms with Crippen molar-refractivity contribution < 1.29 is 4.79 Å². The van der Waals surface area contributed by atoms with E-state index in [-0.39, 0.29) is 12.1 Å². The van der Waals surface area contributed by atoms with E-state index in [4.69, 9.17) is 6.57 Å².